The van der Waals surface area contributed by atoms with Crippen molar-refractivity contribution in [2.75, 3.05) is 26.7 Å². The van der Waals surface area contributed by atoms with Crippen molar-refractivity contribution in [3.8, 4) is 5.75 Å². The molecule has 2 atom stereocenters. The monoisotopic (exact) mass is 260 g/mol. The van der Waals surface area contributed by atoms with Crippen molar-refractivity contribution >= 4 is 5.91 Å². The molecule has 19 heavy (non-hydrogen) atoms. The zero-order valence-corrected chi connectivity index (χ0v) is 11.3. The number of ether oxygens (including phenoxy) is 1. The number of amides is 1. The fourth-order valence-corrected chi connectivity index (χ4v) is 3.18. The van der Waals surface area contributed by atoms with Gasteiger partial charge in [-0.15, -0.1) is 0 Å². The number of nitrogens with one attached hydrogen (secondary N) is 1. The van der Waals surface area contributed by atoms with Gasteiger partial charge < -0.3 is 15.0 Å². The third-order valence-corrected chi connectivity index (χ3v) is 4.28. The maximum Gasteiger partial charge on any atom is 0.227 e. The molecule has 4 nitrogen and oxygen atoms in total. The number of carbonyl (C=O) groups excluding carboxylic acids is 1. The van der Waals surface area contributed by atoms with E-state index < -0.39 is 0 Å². The van der Waals surface area contributed by atoms with Gasteiger partial charge >= 0.3 is 0 Å². The second-order valence-electron chi connectivity index (χ2n) is 5.39. The lowest BCUT2D eigenvalue weighted by atomic mass is 10.0. The van der Waals surface area contributed by atoms with Crippen LogP contribution in [0.4, 0.5) is 0 Å². The Bertz CT molecular complexity index is 458. The van der Waals surface area contributed by atoms with Crippen LogP contribution in [0.3, 0.4) is 0 Å². The van der Waals surface area contributed by atoms with Crippen LogP contribution in [0.5, 0.6) is 5.75 Å². The normalized spacial score (nSPS) is 25.4. The highest BCUT2D eigenvalue weighted by Crippen LogP contribution is 2.27. The smallest absolute Gasteiger partial charge is 0.227 e. The summed E-state index contributed by atoms with van der Waals surface area (Å²) in [6.45, 7) is 2.95. The van der Waals surface area contributed by atoms with Crippen LogP contribution in [0, 0.1) is 5.92 Å². The second kappa shape index (κ2) is 5.21. The number of benzene rings is 1. The Hall–Kier alpha value is -1.55. The molecule has 2 heterocycles. The van der Waals surface area contributed by atoms with Crippen LogP contribution < -0.4 is 10.1 Å². The molecule has 2 aliphatic heterocycles. The van der Waals surface area contributed by atoms with Gasteiger partial charge in [-0.2, -0.15) is 0 Å². The van der Waals surface area contributed by atoms with Crippen LogP contribution in [0.25, 0.3) is 0 Å². The van der Waals surface area contributed by atoms with E-state index in [9.17, 15) is 4.79 Å². The van der Waals surface area contributed by atoms with Gasteiger partial charge in [-0.25, -0.2) is 0 Å². The summed E-state index contributed by atoms with van der Waals surface area (Å²) in [6.07, 6.45) is 1.64. The van der Waals surface area contributed by atoms with Crippen LogP contribution in [0.2, 0.25) is 0 Å². The molecule has 0 radical (unpaired) electrons. The molecular weight excluding hydrogens is 240 g/mol. The number of nitrogens with zero attached hydrogens (tertiary/aromatic N) is 1. The van der Waals surface area contributed by atoms with Crippen LogP contribution in [0.15, 0.2) is 24.3 Å². The summed E-state index contributed by atoms with van der Waals surface area (Å²) in [4.78, 5) is 14.4. The predicted molar refractivity (Wildman–Crippen MR) is 73.2 cm³/mol. The highest BCUT2D eigenvalue weighted by molar-refractivity contribution is 5.79. The van der Waals surface area contributed by atoms with E-state index in [1.165, 1.54) is 0 Å². The first-order chi connectivity index (χ1) is 9.28. The summed E-state index contributed by atoms with van der Waals surface area (Å²) < 4.78 is 5.13. The lowest BCUT2D eigenvalue weighted by Gasteiger charge is -2.23. The molecular formula is C15H20N2O2. The van der Waals surface area contributed by atoms with Gasteiger partial charge in [-0.05, 0) is 30.0 Å². The molecule has 0 bridgehead atoms. The van der Waals surface area contributed by atoms with Gasteiger partial charge in [0.1, 0.15) is 5.75 Å². The number of hydrogen-bond acceptors (Lipinski definition) is 3. The van der Waals surface area contributed by atoms with E-state index in [1.807, 2.05) is 24.3 Å². The quantitative estimate of drug-likeness (QED) is 0.883. The Labute approximate surface area is 113 Å². The first-order valence-electron chi connectivity index (χ1n) is 6.91. The predicted octanol–water partition coefficient (Wildman–Crippen LogP) is 1.06. The average molecular weight is 260 g/mol. The Morgan fingerprint density at radius 1 is 1.37 bits per heavy atom. The minimum Gasteiger partial charge on any atom is -0.497 e. The number of hydrogen-bond donors (Lipinski definition) is 1. The Morgan fingerprint density at radius 3 is 2.89 bits per heavy atom. The lowest BCUT2D eigenvalue weighted by Crippen LogP contribution is -2.39. The summed E-state index contributed by atoms with van der Waals surface area (Å²) >= 11 is 0. The molecule has 2 fully saturated rings. The average Bonchev–Trinajstić information content (AvgIpc) is 3.01. The van der Waals surface area contributed by atoms with Crippen LogP contribution in [0.1, 0.15) is 12.0 Å². The van der Waals surface area contributed by atoms with Crippen molar-refractivity contribution < 1.29 is 9.53 Å². The summed E-state index contributed by atoms with van der Waals surface area (Å²) in [5, 5.41) is 3.38. The van der Waals surface area contributed by atoms with Gasteiger partial charge in [0.05, 0.1) is 13.5 Å². The first-order valence-corrected chi connectivity index (χ1v) is 6.91. The van der Waals surface area contributed by atoms with Crippen LogP contribution >= 0.6 is 0 Å². The van der Waals surface area contributed by atoms with E-state index in [-0.39, 0.29) is 5.91 Å². The topological polar surface area (TPSA) is 41.6 Å². The van der Waals surface area contributed by atoms with E-state index in [0.29, 0.717) is 18.4 Å². The molecule has 3 rings (SSSR count). The van der Waals surface area contributed by atoms with Crippen LogP contribution in [-0.4, -0.2) is 43.6 Å². The SMILES string of the molecule is COc1ccc(CC(=O)N2CC[C@H]3CNC[C@H]32)cc1. The minimum atomic E-state index is 0.251. The third kappa shape index (κ3) is 2.45. The summed E-state index contributed by atoms with van der Waals surface area (Å²) in [5.74, 6) is 1.75. The summed E-state index contributed by atoms with van der Waals surface area (Å²) in [7, 11) is 1.65. The zero-order valence-electron chi connectivity index (χ0n) is 11.3. The van der Waals surface area contributed by atoms with Crippen molar-refractivity contribution in [2.24, 2.45) is 5.92 Å². The molecule has 0 spiro atoms. The molecule has 1 aromatic carbocycles. The number of carbonyl (C=O) groups is 1. The third-order valence-electron chi connectivity index (χ3n) is 4.28. The Balaban J connectivity index is 1.64. The van der Waals surface area contributed by atoms with E-state index in [1.54, 1.807) is 7.11 Å². The first kappa shape index (κ1) is 12.5. The number of likely N-dealkylation sites (tertiary alicyclic amines) is 1. The molecule has 102 valence electrons. The molecule has 1 aromatic rings. The maximum atomic E-state index is 12.4. The Morgan fingerprint density at radius 2 is 2.16 bits per heavy atom. The highest BCUT2D eigenvalue weighted by Gasteiger charge is 2.39. The van der Waals surface area contributed by atoms with E-state index in [4.69, 9.17) is 4.74 Å². The zero-order chi connectivity index (χ0) is 13.2. The van der Waals surface area contributed by atoms with Gasteiger partial charge in [-0.3, -0.25) is 4.79 Å². The number of rotatable bonds is 3. The van der Waals surface area contributed by atoms with Crippen LogP contribution in [-0.2, 0) is 11.2 Å². The fourth-order valence-electron chi connectivity index (χ4n) is 3.18. The number of methoxy groups -OCH3 is 1. The van der Waals surface area contributed by atoms with E-state index in [0.717, 1.165) is 37.4 Å². The molecule has 0 unspecified atom stereocenters. The fraction of sp³-hybridized carbons (Fsp3) is 0.533. The van der Waals surface area contributed by atoms with Crippen molar-refractivity contribution in [2.45, 2.75) is 18.9 Å². The summed E-state index contributed by atoms with van der Waals surface area (Å²) in [6, 6.07) is 8.18. The van der Waals surface area contributed by atoms with E-state index >= 15 is 0 Å². The molecule has 1 amide bonds. The van der Waals surface area contributed by atoms with Gasteiger partial charge in [0.2, 0.25) is 5.91 Å². The molecule has 2 saturated heterocycles. The molecule has 0 aromatic heterocycles. The highest BCUT2D eigenvalue weighted by atomic mass is 16.5. The van der Waals surface area contributed by atoms with Crippen molar-refractivity contribution in [3.05, 3.63) is 29.8 Å². The molecule has 4 heteroatoms. The maximum absolute atomic E-state index is 12.4. The van der Waals surface area contributed by atoms with Gasteiger partial charge in [0, 0.05) is 25.7 Å². The van der Waals surface area contributed by atoms with Gasteiger partial charge in [0.25, 0.3) is 0 Å². The summed E-state index contributed by atoms with van der Waals surface area (Å²) in [5.41, 5.74) is 1.06. The lowest BCUT2D eigenvalue weighted by molar-refractivity contribution is -0.131. The molecule has 0 saturated carbocycles. The largest absolute Gasteiger partial charge is 0.497 e. The minimum absolute atomic E-state index is 0.251. The molecule has 0 aliphatic carbocycles. The van der Waals surface area contributed by atoms with Crippen molar-refractivity contribution in [1.82, 2.24) is 10.2 Å². The molecule has 1 N–H and O–H groups in total. The second-order valence-corrected chi connectivity index (χ2v) is 5.39. The van der Waals surface area contributed by atoms with E-state index in [2.05, 4.69) is 10.2 Å². The van der Waals surface area contributed by atoms with Gasteiger partial charge in [0.15, 0.2) is 0 Å². The Kier molecular flexibility index (Phi) is 3.42. The molecule has 2 aliphatic rings. The standard InChI is InChI=1S/C15H20N2O2/c1-19-13-4-2-11(3-5-13)8-15(18)17-7-6-12-9-16-10-14(12)17/h2-5,12,14,16H,6-10H2,1H3/t12-,14+/m0/s1. The van der Waals surface area contributed by atoms with Crippen molar-refractivity contribution in [1.29, 1.82) is 0 Å². The van der Waals surface area contributed by atoms with Gasteiger partial charge in [-0.1, -0.05) is 12.1 Å². The van der Waals surface area contributed by atoms with Crippen molar-refractivity contribution in [3.63, 3.8) is 0 Å². The number of fused-ring (bicyclic) bond motifs is 1.